The predicted octanol–water partition coefficient (Wildman–Crippen LogP) is 32.9. The zero-order valence-corrected chi connectivity index (χ0v) is 110. The van der Waals surface area contributed by atoms with Crippen LogP contribution in [0.2, 0.25) is 74.5 Å². The van der Waals surface area contributed by atoms with Crippen LogP contribution in [0.3, 0.4) is 0 Å². The van der Waals surface area contributed by atoms with E-state index in [0.29, 0.717) is 35.8 Å². The van der Waals surface area contributed by atoms with Crippen LogP contribution in [-0.2, 0) is 84.1 Å². The third kappa shape index (κ3) is 39.0. The molecule has 6 saturated carbocycles. The summed E-state index contributed by atoms with van der Waals surface area (Å²) in [6.45, 7) is 47.3. The Labute approximate surface area is 1000 Å². The van der Waals surface area contributed by atoms with Crippen LogP contribution >= 0.6 is 0 Å². The Hall–Kier alpha value is -3.89. The molecule has 14 aliphatic rings. The van der Waals surface area contributed by atoms with E-state index in [1.54, 1.807) is 0 Å². The van der Waals surface area contributed by atoms with Gasteiger partial charge in [-0.05, 0) is 241 Å². The van der Waals surface area contributed by atoms with Crippen molar-refractivity contribution in [1.29, 1.82) is 0 Å². The third-order valence-electron chi connectivity index (χ3n) is 34.3. The van der Waals surface area contributed by atoms with Gasteiger partial charge in [-0.3, -0.25) is 19.6 Å². The number of rotatable bonds is 21. The van der Waals surface area contributed by atoms with E-state index in [0.717, 1.165) is 98.8 Å². The second-order valence-corrected chi connectivity index (χ2v) is 63.8. The number of likely N-dealkylation sites (tertiary alicyclic amines) is 4. The van der Waals surface area contributed by atoms with Gasteiger partial charge in [0.15, 0.2) is 0 Å². The van der Waals surface area contributed by atoms with E-state index in [1.807, 2.05) is 129 Å². The van der Waals surface area contributed by atoms with Gasteiger partial charge in [-0.2, -0.15) is 74.2 Å². The second kappa shape index (κ2) is 67.5. The van der Waals surface area contributed by atoms with Crippen molar-refractivity contribution in [2.75, 3.05) is 128 Å². The Kier molecular flexibility index (Phi) is 61.4. The fraction of sp³-hybridized carbons (Fsp3) is 0.535. The van der Waals surface area contributed by atoms with Gasteiger partial charge < -0.3 is 69.2 Å². The Balaban J connectivity index is 0.000000306. The van der Waals surface area contributed by atoms with Crippen LogP contribution in [0, 0.1) is 140 Å². The molecule has 16 unspecified atom stereocenters. The molecule has 0 aromatic heterocycles. The Morgan fingerprint density at radius 3 is 0.732 bits per heavy atom. The third-order valence-corrected chi connectivity index (χ3v) is 47.9. The second-order valence-electron chi connectivity index (χ2n) is 46.5. The van der Waals surface area contributed by atoms with E-state index >= 15 is 0 Å². The summed E-state index contributed by atoms with van der Waals surface area (Å²) in [5, 5.41) is 0. The van der Waals surface area contributed by atoms with Gasteiger partial charge in [0, 0.05) is 24.2 Å². The fourth-order valence-electron chi connectivity index (χ4n) is 26.9. The van der Waals surface area contributed by atoms with Gasteiger partial charge in [-0.1, -0.05) is 424 Å². The van der Waals surface area contributed by atoms with Crippen molar-refractivity contribution < 1.29 is 113 Å². The quantitative estimate of drug-likeness (QED) is 0.0521. The average molecular weight is 2300 g/mol. The summed E-state index contributed by atoms with van der Waals surface area (Å²) in [6, 6.07) is 58.1. The predicted molar refractivity (Wildman–Crippen MR) is 651 cm³/mol. The maximum atomic E-state index is 5.74. The van der Waals surface area contributed by atoms with E-state index < -0.39 is 32.9 Å². The summed E-state index contributed by atoms with van der Waals surface area (Å²) >= 11 is 0. The first-order valence-electron chi connectivity index (χ1n) is 55.6. The zero-order valence-electron chi connectivity index (χ0n) is 96.9. The molecule has 6 aromatic rings. The Morgan fingerprint density at radius 1 is 0.268 bits per heavy atom. The summed E-state index contributed by atoms with van der Waals surface area (Å²) in [4.78, 5) is 41.3. The van der Waals surface area contributed by atoms with Gasteiger partial charge in [-0.15, -0.1) is 48.6 Å². The van der Waals surface area contributed by atoms with E-state index in [-0.39, 0.29) is 143 Å². The zero-order chi connectivity index (χ0) is 100. The number of nitrogens with zero attached hydrogens (tertiary/aromatic N) is 12. The van der Waals surface area contributed by atoms with Gasteiger partial charge in [0.2, 0.25) is 0 Å². The summed E-state index contributed by atoms with van der Waals surface area (Å²) in [5.41, 5.74) is 14.8. The van der Waals surface area contributed by atoms with Crippen molar-refractivity contribution in [3.63, 3.8) is 0 Å². The minimum Gasteiger partial charge on any atom is -0.687 e. The molecular formula is C129H198LaN12Sc3Si4. The van der Waals surface area contributed by atoms with Gasteiger partial charge >= 0.3 is 113 Å². The topological polar surface area (TPSA) is 82.3 Å². The largest absolute Gasteiger partial charge is 3.00 e. The number of hydrogen-bond acceptors (Lipinski definition) is 8. The number of benzene rings is 6. The van der Waals surface area contributed by atoms with Crippen molar-refractivity contribution in [3.05, 3.63) is 360 Å². The molecule has 4 heterocycles. The SMILES string of the molecule is C[Si](C)([N-]C1CCCCC1)C1CC(N2CCCC2)C2C=CC=CC21.C[Si](C)([N-]C1CCCCCCCCC1)C1CC(N2CCCC2)C2C=CC=CC21.C[Si](C)([N-]Cc1ccccc1)C1CC(N2CCCC2)C2C=CC=CC21.C[Si](C)([N-]c1ccccc1)C1CC(N2CCCC2)C2C=CC=CC21.[CH2-]c1ccccc1N(C)C.[CH2-]c1ccccc1N(C)C.[CH2-]c1ccccc1N(C)C.[CH2-]c1ccccc1N(C)C.[CH3-].[CH3-].[CH3-].[CH3-].[La+3].[Sc+3].[Sc+3].[Sc+3]. The number of hydrogen-bond donors (Lipinski definition) is 0. The van der Waals surface area contributed by atoms with Crippen molar-refractivity contribution in [2.45, 2.75) is 284 Å². The summed E-state index contributed by atoms with van der Waals surface area (Å²) < 4.78 is 0. The van der Waals surface area contributed by atoms with Crippen LogP contribution in [0.1, 0.15) is 195 Å². The van der Waals surface area contributed by atoms with E-state index in [4.69, 9.17) is 19.9 Å². The molecule has 0 spiro atoms. The smallest absolute Gasteiger partial charge is 0.687 e. The molecule has 20 heteroatoms. The molecular weight excluding hydrogens is 2100 g/mol. The van der Waals surface area contributed by atoms with Crippen molar-refractivity contribution >= 4 is 61.4 Å². The average Bonchev–Trinajstić information content (AvgIpc) is 1.62. The molecule has 10 fully saturated rings. The molecule has 0 radical (unpaired) electrons. The van der Waals surface area contributed by atoms with Crippen molar-refractivity contribution in [3.8, 4) is 0 Å². The van der Waals surface area contributed by atoms with Crippen LogP contribution in [0.5, 0.6) is 0 Å². The van der Waals surface area contributed by atoms with Gasteiger partial charge in [0.25, 0.3) is 0 Å². The molecule has 0 bridgehead atoms. The van der Waals surface area contributed by atoms with Gasteiger partial charge in [0.05, 0.1) is 0 Å². The molecule has 802 valence electrons. The first-order valence-corrected chi connectivity index (χ1v) is 67.7. The summed E-state index contributed by atoms with van der Waals surface area (Å²) in [7, 11) is 9.64. The van der Waals surface area contributed by atoms with Crippen LogP contribution in [0.25, 0.3) is 19.9 Å². The Morgan fingerprint density at radius 2 is 0.483 bits per heavy atom. The molecule has 4 aliphatic heterocycles. The molecule has 149 heavy (non-hydrogen) atoms. The van der Waals surface area contributed by atoms with Gasteiger partial charge in [0.1, 0.15) is 0 Å². The first kappa shape index (κ1) is 136. The minimum atomic E-state index is -1.70. The molecule has 20 rings (SSSR count). The Bertz CT molecular complexity index is 4740. The minimum absolute atomic E-state index is 0. The van der Waals surface area contributed by atoms with E-state index in [2.05, 4.69) is 301 Å². The molecule has 16 atom stereocenters. The number of para-hydroxylation sites is 4. The van der Waals surface area contributed by atoms with Crippen molar-refractivity contribution in [2.24, 2.45) is 47.3 Å². The first-order chi connectivity index (χ1) is 68.0. The fourth-order valence-corrected chi connectivity index (χ4v) is 39.8. The summed E-state index contributed by atoms with van der Waals surface area (Å²) in [5.74, 6) is 5.83. The van der Waals surface area contributed by atoms with Crippen LogP contribution in [-0.4, -0.2) is 198 Å². The maximum absolute atomic E-state index is 5.74. The number of anilines is 4. The molecule has 0 N–H and O–H groups in total. The molecule has 0 amide bonds. The molecule has 6 aromatic carbocycles. The molecule has 10 aliphatic carbocycles. The normalized spacial score (nSPS) is 26.1. The van der Waals surface area contributed by atoms with Gasteiger partial charge in [-0.25, -0.2) is 0 Å². The van der Waals surface area contributed by atoms with E-state index in [1.165, 1.54) is 253 Å². The molecule has 12 nitrogen and oxygen atoms in total. The van der Waals surface area contributed by atoms with E-state index in [9.17, 15) is 0 Å². The standard InChI is InChI=1S/C25H43N2Si.C22H31N2Si.C21H35N2Si.C21H29N2Si.4C9H12N.4CH3.La.3Sc/c1-28(2,26-21-14-8-6-4-3-5-7-9-15-21)25-20-24(27-18-12-13-19-27)22-16-10-11-17-23(22)25;1-25(2,23-17-18-10-4-3-5-11-18)22-16-21(24-14-8-9-15-24)19-12-6-7-13-20(19)22;2*1-24(2,22-17-10-4-3-5-11-17)21-16-20(23-14-8-9-15-23)18-12-6-7-13-19(18)21;4*1-8-6-4-5-7-9(8)10(2)3;;;;;;;;/h10-11,16-17,21-25H,3-9,12-15,18-20H2,1-2H3;3-7,10-13,19-22H,8-9,14-17H2,1-2H3;6-7,12-13,17-21H,3-5,8-11,14-16H2,1-2H3;3-7,10-13,18-21H,8-9,14-16H2,1-2H3;4*4-7H,1H2,2-3H3;4*1H3;;;;/q12*-1;4*+3. The van der Waals surface area contributed by atoms with Crippen LogP contribution in [0.4, 0.5) is 28.4 Å². The van der Waals surface area contributed by atoms with Crippen LogP contribution < -0.4 is 19.6 Å². The van der Waals surface area contributed by atoms with Crippen LogP contribution in [0.15, 0.2) is 255 Å². The molecule has 4 saturated heterocycles. The monoisotopic (exact) mass is 2300 g/mol. The van der Waals surface area contributed by atoms with Crippen molar-refractivity contribution in [1.82, 2.24) is 19.6 Å². The number of allylic oxidation sites excluding steroid dienone is 12. The summed E-state index contributed by atoms with van der Waals surface area (Å²) in [6.07, 6.45) is 74.9. The number of fused-ring (bicyclic) bond motifs is 4. The maximum Gasteiger partial charge on any atom is 3.00 e.